The normalized spacial score (nSPS) is 16.4. The molecule has 27 heavy (non-hydrogen) atoms. The fraction of sp³-hybridized carbons (Fsp3) is 0.400. The minimum Gasteiger partial charge on any atom is -0.293 e. The van der Waals surface area contributed by atoms with Crippen LogP contribution in [0.3, 0.4) is 0 Å². The van der Waals surface area contributed by atoms with Crippen LogP contribution in [0.15, 0.2) is 36.0 Å². The van der Waals surface area contributed by atoms with Crippen molar-refractivity contribution in [3.05, 3.63) is 41.6 Å². The number of likely N-dealkylation sites (tertiary alicyclic amines) is 1. The molecule has 1 aromatic rings. The van der Waals surface area contributed by atoms with E-state index in [0.29, 0.717) is 10.0 Å². The van der Waals surface area contributed by atoms with Crippen LogP contribution in [-0.4, -0.2) is 44.1 Å². The molecule has 0 atom stereocenters. The zero-order chi connectivity index (χ0) is 20.6. The number of rotatable bonds is 4. The van der Waals surface area contributed by atoms with E-state index in [1.807, 2.05) is 18.2 Å². The highest BCUT2D eigenvalue weighted by Gasteiger charge is 2.40. The van der Waals surface area contributed by atoms with Crippen LogP contribution in [0.2, 0.25) is 0 Å². The highest BCUT2D eigenvalue weighted by molar-refractivity contribution is 9.15. The summed E-state index contributed by atoms with van der Waals surface area (Å²) in [7, 11) is -2.80. The molecule has 1 aliphatic heterocycles. The number of hydrogen-bond donors (Lipinski definition) is 0. The number of amides is 2. The average molecular weight is 454 g/mol. The Labute approximate surface area is 169 Å². The van der Waals surface area contributed by atoms with E-state index in [4.69, 9.17) is 0 Å². The summed E-state index contributed by atoms with van der Waals surface area (Å²) >= 11 is 3.48. The molecule has 0 N–H and O–H groups in total. The van der Waals surface area contributed by atoms with Crippen LogP contribution >= 0.6 is 15.9 Å². The van der Waals surface area contributed by atoms with E-state index in [1.165, 1.54) is 12.5 Å². The monoisotopic (exact) mass is 453 g/mol. The number of carbonyl (C=O) groups excluding carboxylic acids is 3. The van der Waals surface area contributed by atoms with E-state index in [2.05, 4.69) is 15.9 Å². The Bertz CT molecular complexity index is 924. The summed E-state index contributed by atoms with van der Waals surface area (Å²) in [6.45, 7) is 5.17. The second-order valence-electron chi connectivity index (χ2n) is 7.79. The van der Waals surface area contributed by atoms with Crippen LogP contribution in [0.25, 0.3) is 4.48 Å². The molecule has 0 spiro atoms. The molecule has 0 radical (unpaired) electrons. The maximum atomic E-state index is 13.2. The molecule has 0 aliphatic carbocycles. The van der Waals surface area contributed by atoms with E-state index in [0.717, 1.165) is 4.90 Å². The van der Waals surface area contributed by atoms with Gasteiger partial charge in [0, 0.05) is 30.8 Å². The molecule has 5 nitrogen and oxygen atoms in total. The standard InChI is InChI=1S/C20H24BrNO4S/c1-20(2,3)19(25)18(27(4,5)26)17(22-14(23)11-12-15(22)24)16(21)13-9-7-6-8-10-13/h6-10H,11-12H2,1-5H3/b17-16-. The summed E-state index contributed by atoms with van der Waals surface area (Å²) in [5.74, 6) is -1.15. The Balaban J connectivity index is 2.92. The van der Waals surface area contributed by atoms with Crippen LogP contribution in [0.4, 0.5) is 0 Å². The first-order valence-electron chi connectivity index (χ1n) is 8.53. The number of Topliss-reactive ketones (excluding diaryl/α,β-unsaturated/α-hetero) is 1. The van der Waals surface area contributed by atoms with Crippen molar-refractivity contribution in [3.8, 4) is 0 Å². The molecule has 1 aliphatic rings. The Morgan fingerprint density at radius 3 is 1.93 bits per heavy atom. The van der Waals surface area contributed by atoms with Crippen LogP contribution < -0.4 is 0 Å². The van der Waals surface area contributed by atoms with Gasteiger partial charge in [0.25, 0.3) is 0 Å². The third-order valence-electron chi connectivity index (χ3n) is 4.10. The lowest BCUT2D eigenvalue weighted by Gasteiger charge is -2.27. The van der Waals surface area contributed by atoms with Gasteiger partial charge in [0.2, 0.25) is 11.8 Å². The first-order valence-corrected chi connectivity index (χ1v) is 11.7. The summed E-state index contributed by atoms with van der Waals surface area (Å²) < 4.78 is 13.6. The number of imide groups is 1. The van der Waals surface area contributed by atoms with Gasteiger partial charge in [-0.1, -0.05) is 51.1 Å². The minimum atomic E-state index is -2.80. The van der Waals surface area contributed by atoms with Gasteiger partial charge < -0.3 is 0 Å². The van der Waals surface area contributed by atoms with Crippen molar-refractivity contribution < 1.29 is 18.6 Å². The maximum absolute atomic E-state index is 13.2. The number of ketones is 1. The molecule has 0 unspecified atom stereocenters. The number of allylic oxidation sites excluding steroid dienone is 1. The Kier molecular flexibility index (Phi) is 6.16. The van der Waals surface area contributed by atoms with Crippen molar-refractivity contribution in [2.45, 2.75) is 33.6 Å². The third kappa shape index (κ3) is 4.58. The number of halogens is 1. The van der Waals surface area contributed by atoms with Gasteiger partial charge in [-0.3, -0.25) is 18.6 Å². The molecular formula is C20H24BrNO4S. The topological polar surface area (TPSA) is 71.5 Å². The lowest BCUT2D eigenvalue weighted by molar-refractivity contribution is -0.135. The molecule has 0 aromatic heterocycles. The van der Waals surface area contributed by atoms with Gasteiger partial charge in [-0.2, -0.15) is 0 Å². The summed E-state index contributed by atoms with van der Waals surface area (Å²) in [5.41, 5.74) is -0.0445. The second kappa shape index (κ2) is 7.72. The molecule has 0 bridgehead atoms. The summed E-state index contributed by atoms with van der Waals surface area (Å²) in [6.07, 6.45) is 3.07. The predicted molar refractivity (Wildman–Crippen MR) is 113 cm³/mol. The number of hydrogen-bond acceptors (Lipinski definition) is 4. The zero-order valence-electron chi connectivity index (χ0n) is 16.2. The van der Waals surface area contributed by atoms with E-state index in [9.17, 15) is 18.6 Å². The second-order valence-corrected chi connectivity index (χ2v) is 11.5. The molecule has 1 saturated heterocycles. The van der Waals surface area contributed by atoms with Gasteiger partial charge in [-0.25, -0.2) is 4.90 Å². The fourth-order valence-electron chi connectivity index (χ4n) is 2.75. The maximum Gasteiger partial charge on any atom is 0.234 e. The van der Waals surface area contributed by atoms with Gasteiger partial charge in [0.1, 0.15) is 0 Å². The van der Waals surface area contributed by atoms with Crippen molar-refractivity contribution in [1.82, 2.24) is 4.90 Å². The quantitative estimate of drug-likeness (QED) is 0.398. The van der Waals surface area contributed by atoms with Crippen LogP contribution in [0.5, 0.6) is 0 Å². The van der Waals surface area contributed by atoms with Crippen LogP contribution in [0.1, 0.15) is 39.2 Å². The smallest absolute Gasteiger partial charge is 0.234 e. The molecule has 1 heterocycles. The largest absolute Gasteiger partial charge is 0.293 e. The van der Waals surface area contributed by atoms with Crippen molar-refractivity contribution in [2.75, 3.05) is 12.5 Å². The summed E-state index contributed by atoms with van der Waals surface area (Å²) in [6, 6.07) is 9.04. The minimum absolute atomic E-state index is 0.00864. The highest BCUT2D eigenvalue weighted by atomic mass is 79.9. The number of carbonyl (C=O) groups is 3. The van der Waals surface area contributed by atoms with Crippen molar-refractivity contribution in [3.63, 3.8) is 0 Å². The Hall–Kier alpha value is -1.73. The number of nitrogens with zero attached hydrogens (tertiary/aromatic N) is 1. The molecule has 2 rings (SSSR count). The first kappa shape index (κ1) is 21.6. The molecule has 7 heteroatoms. The van der Waals surface area contributed by atoms with E-state index in [-0.39, 0.29) is 29.2 Å². The molecule has 146 valence electrons. The summed E-state index contributed by atoms with van der Waals surface area (Å²) in [5, 5.41) is 0. The van der Waals surface area contributed by atoms with Gasteiger partial charge in [0.05, 0.1) is 15.0 Å². The average Bonchev–Trinajstić information content (AvgIpc) is 2.89. The van der Waals surface area contributed by atoms with Crippen molar-refractivity contribution in [1.29, 1.82) is 0 Å². The Morgan fingerprint density at radius 2 is 1.52 bits per heavy atom. The van der Waals surface area contributed by atoms with E-state index < -0.39 is 26.8 Å². The molecule has 2 amide bonds. The molecular weight excluding hydrogens is 430 g/mol. The zero-order valence-corrected chi connectivity index (χ0v) is 18.6. The SMILES string of the molecule is CC(C)(C)C(=O)C(/C(=C(/Br)c1ccccc1)N1C(=O)CCC1=O)=S(C)(C)=O. The lowest BCUT2D eigenvalue weighted by atomic mass is 9.87. The van der Waals surface area contributed by atoms with Crippen molar-refractivity contribution in [2.24, 2.45) is 5.41 Å². The first-order chi connectivity index (χ1) is 12.4. The molecule has 1 aromatic carbocycles. The van der Waals surface area contributed by atoms with Gasteiger partial charge in [-0.15, -0.1) is 0 Å². The van der Waals surface area contributed by atoms with Gasteiger partial charge >= 0.3 is 0 Å². The van der Waals surface area contributed by atoms with Gasteiger partial charge in [0.15, 0.2) is 5.78 Å². The highest BCUT2D eigenvalue weighted by Crippen LogP contribution is 2.34. The molecule has 0 saturated carbocycles. The third-order valence-corrected chi connectivity index (χ3v) is 6.30. The van der Waals surface area contributed by atoms with Crippen molar-refractivity contribution >= 4 is 52.4 Å². The van der Waals surface area contributed by atoms with Gasteiger partial charge in [-0.05, 0) is 31.0 Å². The van der Waals surface area contributed by atoms with E-state index >= 15 is 0 Å². The van der Waals surface area contributed by atoms with Crippen LogP contribution in [-0.2, 0) is 23.9 Å². The lowest BCUT2D eigenvalue weighted by Crippen LogP contribution is -2.42. The Morgan fingerprint density at radius 1 is 1.04 bits per heavy atom. The molecule has 1 fully saturated rings. The number of benzene rings is 1. The van der Waals surface area contributed by atoms with Crippen LogP contribution in [0, 0.1) is 5.41 Å². The summed E-state index contributed by atoms with van der Waals surface area (Å²) in [4.78, 5) is 39.3. The van der Waals surface area contributed by atoms with E-state index in [1.54, 1.807) is 32.9 Å². The predicted octanol–water partition coefficient (Wildman–Crippen LogP) is 3.23. The fourth-order valence-corrected chi connectivity index (χ4v) is 4.93.